The molecule has 0 radical (unpaired) electrons. The fraction of sp³-hybridized carbons (Fsp3) is 0.500. The van der Waals surface area contributed by atoms with Gasteiger partial charge in [0.15, 0.2) is 5.78 Å². The van der Waals surface area contributed by atoms with Crippen LogP contribution in [0.4, 0.5) is 0 Å². The molecule has 1 aliphatic heterocycles. The van der Waals surface area contributed by atoms with E-state index in [4.69, 9.17) is 0 Å². The van der Waals surface area contributed by atoms with Crippen molar-refractivity contribution in [1.29, 1.82) is 0 Å². The minimum absolute atomic E-state index is 0. The molecule has 2 aliphatic rings. The van der Waals surface area contributed by atoms with Crippen LogP contribution >= 0.6 is 13.5 Å². The number of likely N-dealkylation sites (tertiary alicyclic amines) is 1. The maximum atomic E-state index is 12.7. The molecule has 0 aromatic heterocycles. The minimum Gasteiger partial charge on any atom is -0.396 e. The fourth-order valence-electron chi connectivity index (χ4n) is 5.17. The number of Topliss-reactive ketones (excluding diaryl/α,β-unsaturated/α-hetero) is 1. The largest absolute Gasteiger partial charge is 0.396 e. The van der Waals surface area contributed by atoms with Crippen molar-refractivity contribution in [2.24, 2.45) is 11.8 Å². The predicted molar refractivity (Wildman–Crippen MR) is 139 cm³/mol. The van der Waals surface area contributed by atoms with Crippen LogP contribution in [-0.2, 0) is 12.8 Å². The summed E-state index contributed by atoms with van der Waals surface area (Å²) in [5.74, 6) is 0.867. The van der Waals surface area contributed by atoms with Gasteiger partial charge < -0.3 is 15.1 Å². The molecule has 1 atom stereocenters. The van der Waals surface area contributed by atoms with Crippen molar-refractivity contribution >= 4 is 25.2 Å². The van der Waals surface area contributed by atoms with Crippen molar-refractivity contribution in [3.05, 3.63) is 70.8 Å². The molecule has 2 aromatic rings. The van der Waals surface area contributed by atoms with Crippen LogP contribution in [0.3, 0.4) is 0 Å². The van der Waals surface area contributed by atoms with Crippen LogP contribution in [0.2, 0.25) is 0 Å². The van der Waals surface area contributed by atoms with E-state index < -0.39 is 6.10 Å². The average Bonchev–Trinajstić information content (AvgIpc) is 3.29. The molecule has 1 heterocycles. The molecule has 2 aromatic carbocycles. The lowest BCUT2D eigenvalue weighted by atomic mass is 9.95. The lowest BCUT2D eigenvalue weighted by Gasteiger charge is -2.31. The molecule has 5 nitrogen and oxygen atoms in total. The molecule has 1 amide bonds. The fourth-order valence-corrected chi connectivity index (χ4v) is 5.17. The third kappa shape index (κ3) is 6.71. The predicted octanol–water partition coefficient (Wildman–Crippen LogP) is 4.16. The number of carbonyl (C=O) groups excluding carboxylic acids is 2. The molecule has 2 N–H and O–H groups in total. The molecular weight excluding hydrogens is 446 g/mol. The van der Waals surface area contributed by atoms with Gasteiger partial charge >= 0.3 is 0 Å². The number of hydrogen-bond acceptors (Lipinski definition) is 4. The number of piperidine rings is 1. The Bertz CT molecular complexity index is 928. The third-order valence-corrected chi connectivity index (χ3v) is 7.36. The Morgan fingerprint density at radius 2 is 1.47 bits per heavy atom. The maximum Gasteiger partial charge on any atom is 0.253 e. The molecule has 184 valence electrons. The van der Waals surface area contributed by atoms with Crippen LogP contribution in [0.25, 0.3) is 0 Å². The van der Waals surface area contributed by atoms with Gasteiger partial charge in [-0.3, -0.25) is 9.59 Å². The van der Waals surface area contributed by atoms with Crippen LogP contribution in [0, 0.1) is 11.8 Å². The quantitative estimate of drug-likeness (QED) is 0.525. The highest BCUT2D eigenvalue weighted by Crippen LogP contribution is 2.30. The number of carbonyl (C=O) groups is 2. The number of fused-ring (bicyclic) bond motifs is 1. The van der Waals surface area contributed by atoms with Crippen LogP contribution in [-0.4, -0.2) is 52.6 Å². The number of benzene rings is 2. The minimum atomic E-state index is -0.458. The summed E-state index contributed by atoms with van der Waals surface area (Å²) in [6, 6.07) is 15.5. The van der Waals surface area contributed by atoms with Crippen LogP contribution in [0.5, 0.6) is 0 Å². The third-order valence-electron chi connectivity index (χ3n) is 7.36. The van der Waals surface area contributed by atoms with E-state index in [2.05, 4.69) is 24.3 Å². The van der Waals surface area contributed by atoms with E-state index in [9.17, 15) is 19.8 Å². The number of aliphatic hydroxyl groups excluding tert-OH is 2. The van der Waals surface area contributed by atoms with Gasteiger partial charge in [-0.05, 0) is 80.0 Å². The second-order valence-corrected chi connectivity index (χ2v) is 9.73. The second kappa shape index (κ2) is 12.5. The van der Waals surface area contributed by atoms with E-state index >= 15 is 0 Å². The molecule has 0 unspecified atom stereocenters. The Labute approximate surface area is 209 Å². The molecule has 4 rings (SSSR count). The van der Waals surface area contributed by atoms with E-state index in [1.807, 2.05) is 4.90 Å². The Kier molecular flexibility index (Phi) is 9.74. The van der Waals surface area contributed by atoms with Crippen molar-refractivity contribution in [2.45, 2.75) is 57.5 Å². The number of aliphatic hydroxyl groups is 2. The molecule has 1 fully saturated rings. The van der Waals surface area contributed by atoms with Crippen molar-refractivity contribution in [1.82, 2.24) is 4.90 Å². The van der Waals surface area contributed by atoms with E-state index in [0.29, 0.717) is 48.9 Å². The summed E-state index contributed by atoms with van der Waals surface area (Å²) in [4.78, 5) is 27.1. The molecule has 34 heavy (non-hydrogen) atoms. The first-order chi connectivity index (χ1) is 16.0. The lowest BCUT2D eigenvalue weighted by molar-refractivity contribution is 0.0650. The Morgan fingerprint density at radius 3 is 2.06 bits per heavy atom. The molecule has 0 bridgehead atoms. The monoisotopic (exact) mass is 483 g/mol. The zero-order chi connectivity index (χ0) is 23.2. The summed E-state index contributed by atoms with van der Waals surface area (Å²) in [5, 5.41) is 19.7. The molecular formula is C28H37NO4S. The first-order valence-corrected chi connectivity index (χ1v) is 12.3. The normalized spacial score (nSPS) is 17.2. The van der Waals surface area contributed by atoms with E-state index in [-0.39, 0.29) is 31.8 Å². The van der Waals surface area contributed by atoms with Gasteiger partial charge in [-0.15, -0.1) is 0 Å². The van der Waals surface area contributed by atoms with Gasteiger partial charge in [-0.25, -0.2) is 0 Å². The Balaban J connectivity index is 0.00000324. The SMILES string of the molecule is O=C(CC[C@@H](O)CCC1Cc2ccccc2C1)c1ccc(C(=O)N2CCC(CO)CC2)cc1.S. The lowest BCUT2D eigenvalue weighted by Crippen LogP contribution is -2.39. The number of rotatable bonds is 9. The summed E-state index contributed by atoms with van der Waals surface area (Å²) in [7, 11) is 0. The summed E-state index contributed by atoms with van der Waals surface area (Å²) in [6.45, 7) is 1.51. The van der Waals surface area contributed by atoms with E-state index in [0.717, 1.165) is 38.5 Å². The molecule has 6 heteroatoms. The van der Waals surface area contributed by atoms with Crippen LogP contribution in [0.1, 0.15) is 70.4 Å². The van der Waals surface area contributed by atoms with Gasteiger partial charge in [0, 0.05) is 37.2 Å². The zero-order valence-electron chi connectivity index (χ0n) is 19.8. The van der Waals surface area contributed by atoms with Crippen molar-refractivity contribution in [2.75, 3.05) is 19.7 Å². The topological polar surface area (TPSA) is 77.8 Å². The smallest absolute Gasteiger partial charge is 0.253 e. The molecule has 1 aliphatic carbocycles. The van der Waals surface area contributed by atoms with E-state index in [1.165, 1.54) is 11.1 Å². The number of hydrogen-bond donors (Lipinski definition) is 2. The summed E-state index contributed by atoms with van der Waals surface area (Å²) >= 11 is 0. The molecule has 0 spiro atoms. The summed E-state index contributed by atoms with van der Waals surface area (Å²) in [5.41, 5.74) is 4.04. The number of ketones is 1. The first-order valence-electron chi connectivity index (χ1n) is 12.3. The number of amides is 1. The maximum absolute atomic E-state index is 12.7. The van der Waals surface area contributed by atoms with Gasteiger partial charge in [0.1, 0.15) is 0 Å². The second-order valence-electron chi connectivity index (χ2n) is 9.73. The van der Waals surface area contributed by atoms with Crippen molar-refractivity contribution in [3.8, 4) is 0 Å². The van der Waals surface area contributed by atoms with Gasteiger partial charge in [0.2, 0.25) is 0 Å². The van der Waals surface area contributed by atoms with Gasteiger partial charge in [0.05, 0.1) is 6.10 Å². The van der Waals surface area contributed by atoms with E-state index in [1.54, 1.807) is 24.3 Å². The van der Waals surface area contributed by atoms with Crippen molar-refractivity contribution < 1.29 is 19.8 Å². The first kappa shape index (κ1) is 26.5. The zero-order valence-corrected chi connectivity index (χ0v) is 20.8. The van der Waals surface area contributed by atoms with Crippen molar-refractivity contribution in [3.63, 3.8) is 0 Å². The Morgan fingerprint density at radius 1 is 0.882 bits per heavy atom. The van der Waals surface area contributed by atoms with Gasteiger partial charge in [0.25, 0.3) is 5.91 Å². The highest BCUT2D eigenvalue weighted by atomic mass is 32.1. The highest BCUT2D eigenvalue weighted by Gasteiger charge is 2.24. The summed E-state index contributed by atoms with van der Waals surface area (Å²) < 4.78 is 0. The Hall–Kier alpha value is -2.15. The highest BCUT2D eigenvalue weighted by molar-refractivity contribution is 7.59. The molecule has 1 saturated heterocycles. The summed E-state index contributed by atoms with van der Waals surface area (Å²) in [6.07, 6.45) is 5.87. The standard InChI is InChI=1S/C28H35NO4.H2S/c30-19-20-13-15-29(16-14-20)28(33)23-8-6-22(7-9-23)27(32)12-11-26(31)10-5-21-17-24-3-1-2-4-25(24)18-21;/h1-4,6-9,20-21,26,30-31H,5,10-19H2;1H2/t26-;/m0./s1. The van der Waals surface area contributed by atoms with Gasteiger partial charge in [-0.1, -0.05) is 36.4 Å². The molecule has 0 saturated carbocycles. The van der Waals surface area contributed by atoms with Crippen LogP contribution < -0.4 is 0 Å². The average molecular weight is 484 g/mol. The number of nitrogens with zero attached hydrogens (tertiary/aromatic N) is 1. The van der Waals surface area contributed by atoms with Crippen LogP contribution in [0.15, 0.2) is 48.5 Å². The van der Waals surface area contributed by atoms with Gasteiger partial charge in [-0.2, -0.15) is 13.5 Å².